The van der Waals surface area contributed by atoms with Gasteiger partial charge in [-0.05, 0) is 40.9 Å². The summed E-state index contributed by atoms with van der Waals surface area (Å²) in [5.74, 6) is 1.40. The van der Waals surface area contributed by atoms with Crippen molar-refractivity contribution in [2.24, 2.45) is 0 Å². The molecule has 0 unspecified atom stereocenters. The van der Waals surface area contributed by atoms with Gasteiger partial charge in [0.25, 0.3) is 0 Å². The summed E-state index contributed by atoms with van der Waals surface area (Å²) in [6.45, 7) is 0. The average molecular weight is 342 g/mol. The number of nitrogens with zero attached hydrogens (tertiary/aromatic N) is 2. The Bertz CT molecular complexity index is 587. The lowest BCUT2D eigenvalue weighted by molar-refractivity contribution is 0.878. The smallest absolute Gasteiger partial charge is 0.134 e. The van der Waals surface area contributed by atoms with Gasteiger partial charge in [-0.25, -0.2) is 9.97 Å². The first-order valence-electron chi connectivity index (χ1n) is 5.69. The molecule has 0 aliphatic heterocycles. The lowest BCUT2D eigenvalue weighted by Gasteiger charge is -2.05. The number of benzene rings is 1. The van der Waals surface area contributed by atoms with Crippen molar-refractivity contribution in [2.45, 2.75) is 28.7 Å². The quantitative estimate of drug-likeness (QED) is 0.741. The summed E-state index contributed by atoms with van der Waals surface area (Å²) in [4.78, 5) is 10.0. The van der Waals surface area contributed by atoms with Gasteiger partial charge in [-0.1, -0.05) is 35.5 Å². The SMILES string of the molecule is Clc1cc(Sc2ccccc2Br)nc(C2CC2)n1. The van der Waals surface area contributed by atoms with E-state index in [1.807, 2.05) is 24.3 Å². The first-order valence-corrected chi connectivity index (χ1v) is 7.68. The minimum absolute atomic E-state index is 0.516. The van der Waals surface area contributed by atoms with Gasteiger partial charge < -0.3 is 0 Å². The Kier molecular flexibility index (Phi) is 3.59. The van der Waals surface area contributed by atoms with Crippen LogP contribution in [0.25, 0.3) is 0 Å². The van der Waals surface area contributed by atoms with Crippen LogP contribution in [0.2, 0.25) is 5.15 Å². The molecule has 0 atom stereocenters. The summed E-state index contributed by atoms with van der Waals surface area (Å²) in [5, 5.41) is 1.44. The van der Waals surface area contributed by atoms with Gasteiger partial charge in [0.05, 0.1) is 0 Å². The van der Waals surface area contributed by atoms with Crippen LogP contribution in [0, 0.1) is 0 Å². The highest BCUT2D eigenvalue weighted by Gasteiger charge is 2.27. The third-order valence-corrected chi connectivity index (χ3v) is 4.82. The summed E-state index contributed by atoms with van der Waals surface area (Å²) in [7, 11) is 0. The number of hydrogen-bond donors (Lipinski definition) is 0. The van der Waals surface area contributed by atoms with Gasteiger partial charge in [-0.2, -0.15) is 0 Å². The van der Waals surface area contributed by atoms with Crippen LogP contribution in [0.5, 0.6) is 0 Å². The summed E-state index contributed by atoms with van der Waals surface area (Å²) in [6, 6.07) is 9.90. The molecule has 1 aromatic heterocycles. The van der Waals surface area contributed by atoms with Crippen molar-refractivity contribution in [1.82, 2.24) is 9.97 Å². The van der Waals surface area contributed by atoms with E-state index in [1.54, 1.807) is 11.8 Å². The molecule has 1 saturated carbocycles. The molecule has 0 radical (unpaired) electrons. The molecule has 5 heteroatoms. The molecular formula is C13H10BrClN2S. The third kappa shape index (κ3) is 2.87. The maximum absolute atomic E-state index is 6.05. The van der Waals surface area contributed by atoms with Gasteiger partial charge in [0.1, 0.15) is 16.0 Å². The molecule has 0 N–H and O–H groups in total. The van der Waals surface area contributed by atoms with Crippen LogP contribution in [-0.2, 0) is 0 Å². The number of hydrogen-bond acceptors (Lipinski definition) is 3. The van der Waals surface area contributed by atoms with Crippen molar-refractivity contribution in [3.63, 3.8) is 0 Å². The van der Waals surface area contributed by atoms with E-state index in [4.69, 9.17) is 11.6 Å². The number of aromatic nitrogens is 2. The topological polar surface area (TPSA) is 25.8 Å². The maximum Gasteiger partial charge on any atom is 0.134 e. The molecule has 18 heavy (non-hydrogen) atoms. The minimum Gasteiger partial charge on any atom is -0.226 e. The van der Waals surface area contributed by atoms with E-state index in [-0.39, 0.29) is 0 Å². The molecule has 1 fully saturated rings. The molecule has 0 saturated heterocycles. The zero-order valence-electron chi connectivity index (χ0n) is 9.44. The Hall–Kier alpha value is -0.580. The molecular weight excluding hydrogens is 332 g/mol. The van der Waals surface area contributed by atoms with Crippen LogP contribution in [0.15, 0.2) is 44.7 Å². The minimum atomic E-state index is 0.516. The average Bonchev–Trinajstić information content (AvgIpc) is 3.15. The van der Waals surface area contributed by atoms with E-state index in [1.165, 1.54) is 12.8 Å². The number of halogens is 2. The van der Waals surface area contributed by atoms with Crippen molar-refractivity contribution in [3.8, 4) is 0 Å². The fourth-order valence-electron chi connectivity index (χ4n) is 1.63. The highest BCUT2D eigenvalue weighted by Crippen LogP contribution is 2.40. The van der Waals surface area contributed by atoms with Crippen LogP contribution < -0.4 is 0 Å². The Morgan fingerprint density at radius 1 is 1.22 bits per heavy atom. The van der Waals surface area contributed by atoms with E-state index in [2.05, 4.69) is 32.0 Å². The largest absolute Gasteiger partial charge is 0.226 e. The van der Waals surface area contributed by atoms with Crippen molar-refractivity contribution >= 4 is 39.3 Å². The predicted molar refractivity (Wildman–Crippen MR) is 77.3 cm³/mol. The fraction of sp³-hybridized carbons (Fsp3) is 0.231. The standard InChI is InChI=1S/C13H10BrClN2S/c14-9-3-1-2-4-10(9)18-12-7-11(15)16-13(17-12)8-5-6-8/h1-4,7-8H,5-6H2. The van der Waals surface area contributed by atoms with Crippen molar-refractivity contribution in [3.05, 3.63) is 45.8 Å². The number of rotatable bonds is 3. The van der Waals surface area contributed by atoms with E-state index in [9.17, 15) is 0 Å². The predicted octanol–water partition coefficient (Wildman–Crippen LogP) is 4.92. The molecule has 0 amide bonds. The second kappa shape index (κ2) is 5.19. The molecule has 0 bridgehead atoms. The van der Waals surface area contributed by atoms with Crippen molar-refractivity contribution in [1.29, 1.82) is 0 Å². The Morgan fingerprint density at radius 2 is 2.00 bits per heavy atom. The first kappa shape index (κ1) is 12.5. The maximum atomic E-state index is 6.05. The molecule has 1 aliphatic rings. The Labute approximate surface area is 123 Å². The second-order valence-corrected chi connectivity index (χ2v) is 6.50. The van der Waals surface area contributed by atoms with Crippen LogP contribution >= 0.6 is 39.3 Å². The van der Waals surface area contributed by atoms with Gasteiger partial charge in [-0.3, -0.25) is 0 Å². The van der Waals surface area contributed by atoms with Crippen LogP contribution in [0.1, 0.15) is 24.6 Å². The lowest BCUT2D eigenvalue weighted by Crippen LogP contribution is -1.94. The first-order chi connectivity index (χ1) is 8.72. The van der Waals surface area contributed by atoms with Crippen LogP contribution in [0.4, 0.5) is 0 Å². The third-order valence-electron chi connectivity index (χ3n) is 2.68. The molecule has 1 aromatic carbocycles. The van der Waals surface area contributed by atoms with Gasteiger partial charge in [0.2, 0.25) is 0 Å². The van der Waals surface area contributed by atoms with Gasteiger partial charge in [0.15, 0.2) is 0 Å². The fourth-order valence-corrected chi connectivity index (χ4v) is 3.26. The van der Waals surface area contributed by atoms with E-state index in [0.29, 0.717) is 11.1 Å². The summed E-state index contributed by atoms with van der Waals surface area (Å²) in [6.07, 6.45) is 2.36. The normalized spacial score (nSPS) is 14.8. The highest BCUT2D eigenvalue weighted by molar-refractivity contribution is 9.10. The molecule has 1 heterocycles. The molecule has 3 rings (SSSR count). The Balaban J connectivity index is 1.90. The van der Waals surface area contributed by atoms with Gasteiger partial charge in [0, 0.05) is 21.4 Å². The molecule has 1 aliphatic carbocycles. The Morgan fingerprint density at radius 3 is 2.72 bits per heavy atom. The summed E-state index contributed by atoms with van der Waals surface area (Å²) < 4.78 is 1.07. The van der Waals surface area contributed by atoms with E-state index < -0.39 is 0 Å². The molecule has 2 nitrogen and oxygen atoms in total. The molecule has 92 valence electrons. The van der Waals surface area contributed by atoms with Crippen LogP contribution in [-0.4, -0.2) is 9.97 Å². The van der Waals surface area contributed by atoms with E-state index in [0.717, 1.165) is 20.2 Å². The second-order valence-electron chi connectivity index (χ2n) is 4.19. The van der Waals surface area contributed by atoms with Crippen LogP contribution in [0.3, 0.4) is 0 Å². The monoisotopic (exact) mass is 340 g/mol. The van der Waals surface area contributed by atoms with E-state index >= 15 is 0 Å². The van der Waals surface area contributed by atoms with Gasteiger partial charge >= 0.3 is 0 Å². The molecule has 2 aromatic rings. The van der Waals surface area contributed by atoms with Crippen molar-refractivity contribution in [2.75, 3.05) is 0 Å². The van der Waals surface area contributed by atoms with Gasteiger partial charge in [-0.15, -0.1) is 0 Å². The molecule has 0 spiro atoms. The summed E-state index contributed by atoms with van der Waals surface area (Å²) in [5.41, 5.74) is 0. The zero-order valence-corrected chi connectivity index (χ0v) is 12.6. The zero-order chi connectivity index (χ0) is 12.5. The summed E-state index contributed by atoms with van der Waals surface area (Å²) >= 11 is 11.2. The van der Waals surface area contributed by atoms with Crippen molar-refractivity contribution < 1.29 is 0 Å². The highest BCUT2D eigenvalue weighted by atomic mass is 79.9. The lowest BCUT2D eigenvalue weighted by atomic mass is 10.4.